The van der Waals surface area contributed by atoms with Gasteiger partial charge in [-0.15, -0.1) is 0 Å². The number of likely N-dealkylation sites (N-methyl/N-ethyl adjacent to an activating group) is 1. The topological polar surface area (TPSA) is 75.8 Å². The highest BCUT2D eigenvalue weighted by molar-refractivity contribution is 5.91. The van der Waals surface area contributed by atoms with Crippen LogP contribution in [0.15, 0.2) is 18.2 Å². The molecule has 0 radical (unpaired) electrons. The van der Waals surface area contributed by atoms with Crippen molar-refractivity contribution in [1.29, 1.82) is 0 Å². The van der Waals surface area contributed by atoms with Gasteiger partial charge in [0.1, 0.15) is 0 Å². The lowest BCUT2D eigenvalue weighted by atomic mass is 10.1. The third kappa shape index (κ3) is 2.64. The average molecular weight is 224 g/mol. The fourth-order valence-corrected chi connectivity index (χ4v) is 1.42. The van der Waals surface area contributed by atoms with Gasteiger partial charge in [0.05, 0.1) is 30.7 Å². The number of nitrogen functional groups attached to an aromatic ring is 1. The van der Waals surface area contributed by atoms with Crippen LogP contribution in [0.25, 0.3) is 0 Å². The van der Waals surface area contributed by atoms with Crippen LogP contribution >= 0.6 is 0 Å². The first-order valence-electron chi connectivity index (χ1n) is 4.90. The molecule has 5 heteroatoms. The van der Waals surface area contributed by atoms with Gasteiger partial charge in [-0.05, 0) is 18.2 Å². The van der Waals surface area contributed by atoms with Crippen molar-refractivity contribution in [3.63, 3.8) is 0 Å². The molecule has 0 bridgehead atoms. The summed E-state index contributed by atoms with van der Waals surface area (Å²) < 4.78 is 4.59. The largest absolute Gasteiger partial charge is 0.465 e. The lowest BCUT2D eigenvalue weighted by Gasteiger charge is -2.20. The fraction of sp³-hybridized carbons (Fsp3) is 0.364. The summed E-state index contributed by atoms with van der Waals surface area (Å²) in [7, 11) is 3.14. The number of nitrogens with two attached hydrogens (primary N) is 1. The number of aliphatic hydroxyl groups excluding tert-OH is 1. The van der Waals surface area contributed by atoms with E-state index in [0.29, 0.717) is 17.8 Å². The molecule has 5 nitrogen and oxygen atoms in total. The van der Waals surface area contributed by atoms with Crippen LogP contribution in [0, 0.1) is 0 Å². The van der Waals surface area contributed by atoms with E-state index >= 15 is 0 Å². The predicted molar refractivity (Wildman–Crippen MR) is 62.5 cm³/mol. The summed E-state index contributed by atoms with van der Waals surface area (Å²) in [5.41, 5.74) is 7.50. The molecule has 0 aliphatic heterocycles. The molecule has 0 heterocycles. The number of hydrogen-bond donors (Lipinski definition) is 2. The first-order valence-corrected chi connectivity index (χ1v) is 4.90. The number of benzene rings is 1. The third-order valence-electron chi connectivity index (χ3n) is 2.30. The zero-order valence-electron chi connectivity index (χ0n) is 9.43. The summed E-state index contributed by atoms with van der Waals surface area (Å²) in [6, 6.07) is 4.94. The number of methoxy groups -OCH3 is 1. The molecule has 88 valence electrons. The first kappa shape index (κ1) is 12.3. The van der Waals surface area contributed by atoms with Crippen LogP contribution in [-0.2, 0) is 4.74 Å². The van der Waals surface area contributed by atoms with Crippen molar-refractivity contribution >= 4 is 17.3 Å². The molecule has 1 aromatic rings. The second kappa shape index (κ2) is 5.37. The molecule has 1 rings (SSSR count). The second-order valence-corrected chi connectivity index (χ2v) is 3.41. The van der Waals surface area contributed by atoms with Crippen LogP contribution in [0.2, 0.25) is 0 Å². The molecule has 0 aromatic heterocycles. The van der Waals surface area contributed by atoms with Gasteiger partial charge in [-0.1, -0.05) is 0 Å². The van der Waals surface area contributed by atoms with E-state index in [1.54, 1.807) is 18.2 Å². The van der Waals surface area contributed by atoms with Gasteiger partial charge in [-0.3, -0.25) is 0 Å². The maximum atomic E-state index is 11.2. The Kier molecular flexibility index (Phi) is 4.13. The molecule has 0 atom stereocenters. The summed E-state index contributed by atoms with van der Waals surface area (Å²) in [5, 5.41) is 8.81. The SMILES string of the molecule is COC(=O)c1ccc(N(C)CCO)c(N)c1. The van der Waals surface area contributed by atoms with Gasteiger partial charge in [-0.2, -0.15) is 0 Å². The summed E-state index contributed by atoms with van der Waals surface area (Å²) in [6.07, 6.45) is 0. The molecular formula is C11H16N2O3. The zero-order chi connectivity index (χ0) is 12.1. The summed E-state index contributed by atoms with van der Waals surface area (Å²) in [5.74, 6) is -0.414. The van der Waals surface area contributed by atoms with Crippen molar-refractivity contribution in [3.05, 3.63) is 23.8 Å². The molecule has 0 saturated heterocycles. The molecule has 0 spiro atoms. The van der Waals surface area contributed by atoms with E-state index < -0.39 is 5.97 Å². The minimum Gasteiger partial charge on any atom is -0.465 e. The average Bonchev–Trinajstić information content (AvgIpc) is 2.28. The molecule has 3 N–H and O–H groups in total. The van der Waals surface area contributed by atoms with Crippen molar-refractivity contribution in [1.82, 2.24) is 0 Å². The lowest BCUT2D eigenvalue weighted by Crippen LogP contribution is -2.22. The van der Waals surface area contributed by atoms with Gasteiger partial charge in [0, 0.05) is 13.6 Å². The Bertz CT molecular complexity index is 379. The third-order valence-corrected chi connectivity index (χ3v) is 2.30. The van der Waals surface area contributed by atoms with Gasteiger partial charge < -0.3 is 20.5 Å². The summed E-state index contributed by atoms with van der Waals surface area (Å²) in [6.45, 7) is 0.538. The van der Waals surface area contributed by atoms with E-state index in [1.165, 1.54) is 7.11 Å². The Morgan fingerprint density at radius 3 is 2.75 bits per heavy atom. The van der Waals surface area contributed by atoms with Crippen LogP contribution in [-0.4, -0.2) is 38.4 Å². The molecule has 0 aliphatic carbocycles. The molecule has 0 unspecified atom stereocenters. The maximum Gasteiger partial charge on any atom is 0.337 e. The first-order chi connectivity index (χ1) is 7.60. The number of hydrogen-bond acceptors (Lipinski definition) is 5. The van der Waals surface area contributed by atoms with Crippen molar-refractivity contribution in [3.8, 4) is 0 Å². The van der Waals surface area contributed by atoms with Gasteiger partial charge in [0.25, 0.3) is 0 Å². The molecule has 1 aromatic carbocycles. The van der Waals surface area contributed by atoms with Crippen molar-refractivity contribution in [2.75, 3.05) is 37.9 Å². The van der Waals surface area contributed by atoms with E-state index in [2.05, 4.69) is 4.74 Å². The number of carbonyl (C=O) groups is 1. The minimum atomic E-state index is -0.414. The van der Waals surface area contributed by atoms with E-state index in [1.807, 2.05) is 11.9 Å². The molecule has 16 heavy (non-hydrogen) atoms. The zero-order valence-corrected chi connectivity index (χ0v) is 9.43. The Balaban J connectivity index is 2.95. The highest BCUT2D eigenvalue weighted by Crippen LogP contribution is 2.23. The quantitative estimate of drug-likeness (QED) is 0.575. The lowest BCUT2D eigenvalue weighted by molar-refractivity contribution is 0.0601. The van der Waals surface area contributed by atoms with Crippen molar-refractivity contribution < 1.29 is 14.6 Å². The number of nitrogens with zero attached hydrogens (tertiary/aromatic N) is 1. The standard InChI is InChI=1S/C11H16N2O3/c1-13(5-6-14)10-4-3-8(7-9(10)12)11(15)16-2/h3-4,7,14H,5-6,12H2,1-2H3. The van der Waals surface area contributed by atoms with Crippen molar-refractivity contribution in [2.45, 2.75) is 0 Å². The number of ether oxygens (including phenoxy) is 1. The van der Waals surface area contributed by atoms with E-state index in [9.17, 15) is 4.79 Å². The number of carbonyl (C=O) groups excluding carboxylic acids is 1. The van der Waals surface area contributed by atoms with Crippen LogP contribution < -0.4 is 10.6 Å². The number of esters is 1. The molecular weight excluding hydrogens is 208 g/mol. The Labute approximate surface area is 94.4 Å². The number of rotatable bonds is 4. The highest BCUT2D eigenvalue weighted by Gasteiger charge is 2.10. The monoisotopic (exact) mass is 224 g/mol. The number of anilines is 2. The normalized spacial score (nSPS) is 9.94. The molecule has 0 fully saturated rings. The molecule has 0 amide bonds. The maximum absolute atomic E-state index is 11.2. The smallest absolute Gasteiger partial charge is 0.337 e. The Morgan fingerprint density at radius 2 is 2.25 bits per heavy atom. The van der Waals surface area contributed by atoms with E-state index in [-0.39, 0.29) is 6.61 Å². The van der Waals surface area contributed by atoms with Crippen LogP contribution in [0.3, 0.4) is 0 Å². The second-order valence-electron chi connectivity index (χ2n) is 3.41. The van der Waals surface area contributed by atoms with Gasteiger partial charge in [0.2, 0.25) is 0 Å². The summed E-state index contributed by atoms with van der Waals surface area (Å²) in [4.78, 5) is 13.1. The molecule has 0 aliphatic rings. The van der Waals surface area contributed by atoms with Gasteiger partial charge in [0.15, 0.2) is 0 Å². The van der Waals surface area contributed by atoms with Crippen LogP contribution in [0.1, 0.15) is 10.4 Å². The van der Waals surface area contributed by atoms with Crippen LogP contribution in [0.4, 0.5) is 11.4 Å². The Hall–Kier alpha value is -1.75. The van der Waals surface area contributed by atoms with Gasteiger partial charge in [-0.25, -0.2) is 4.79 Å². The minimum absolute atomic E-state index is 0.0503. The highest BCUT2D eigenvalue weighted by atomic mass is 16.5. The van der Waals surface area contributed by atoms with Gasteiger partial charge >= 0.3 is 5.97 Å². The van der Waals surface area contributed by atoms with E-state index in [0.717, 1.165) is 5.69 Å². The molecule has 0 saturated carbocycles. The van der Waals surface area contributed by atoms with Crippen LogP contribution in [0.5, 0.6) is 0 Å². The fourth-order valence-electron chi connectivity index (χ4n) is 1.42. The number of aliphatic hydroxyl groups is 1. The summed E-state index contributed by atoms with van der Waals surface area (Å²) >= 11 is 0. The Morgan fingerprint density at radius 1 is 1.56 bits per heavy atom. The predicted octanol–water partition coefficient (Wildman–Crippen LogP) is 0.484. The van der Waals surface area contributed by atoms with Crippen molar-refractivity contribution in [2.24, 2.45) is 0 Å². The van der Waals surface area contributed by atoms with E-state index in [4.69, 9.17) is 10.8 Å².